The van der Waals surface area contributed by atoms with E-state index in [0.29, 0.717) is 43.6 Å². The van der Waals surface area contributed by atoms with Crippen molar-refractivity contribution in [2.24, 2.45) is 0 Å². The lowest BCUT2D eigenvalue weighted by atomic mass is 10.1. The van der Waals surface area contributed by atoms with Crippen molar-refractivity contribution in [2.75, 3.05) is 33.3 Å². The first-order valence-electron chi connectivity index (χ1n) is 10.3. The van der Waals surface area contributed by atoms with Gasteiger partial charge in [0, 0.05) is 31.7 Å². The molecule has 2 heterocycles. The molecule has 1 unspecified atom stereocenters. The lowest BCUT2D eigenvalue weighted by Gasteiger charge is -2.36. The number of aromatic hydroxyl groups is 1. The van der Waals surface area contributed by atoms with Gasteiger partial charge in [-0.15, -0.1) is 0 Å². The van der Waals surface area contributed by atoms with E-state index in [4.69, 9.17) is 9.26 Å². The zero-order valence-corrected chi connectivity index (χ0v) is 17.9. The van der Waals surface area contributed by atoms with Gasteiger partial charge >= 0.3 is 0 Å². The highest BCUT2D eigenvalue weighted by molar-refractivity contribution is 5.97. The zero-order chi connectivity index (χ0) is 22.0. The van der Waals surface area contributed by atoms with Crippen LogP contribution in [-0.4, -0.2) is 64.2 Å². The number of rotatable bonds is 5. The quantitative estimate of drug-likeness (QED) is 0.675. The first-order valence-corrected chi connectivity index (χ1v) is 10.3. The summed E-state index contributed by atoms with van der Waals surface area (Å²) in [6.07, 6.45) is 0. The standard InChI is InChI=1S/C23H26N4O4/c1-15-4-6-17(7-5-15)21-24-22(31-25-21)16(2)26-10-12-27(13-11-26)23(29)19-14-18(30-3)8-9-20(19)28/h4-9,14,16,28H,10-13H2,1-3H3. The minimum Gasteiger partial charge on any atom is -0.507 e. The van der Waals surface area contributed by atoms with Crippen LogP contribution >= 0.6 is 0 Å². The first-order chi connectivity index (χ1) is 15.0. The molecule has 2 aromatic carbocycles. The molecule has 0 radical (unpaired) electrons. The van der Waals surface area contributed by atoms with Crippen LogP contribution in [0.25, 0.3) is 11.4 Å². The molecule has 8 nitrogen and oxygen atoms in total. The summed E-state index contributed by atoms with van der Waals surface area (Å²) in [4.78, 5) is 21.4. The molecule has 31 heavy (non-hydrogen) atoms. The molecule has 0 aliphatic carbocycles. The summed E-state index contributed by atoms with van der Waals surface area (Å²) >= 11 is 0. The second-order valence-corrected chi connectivity index (χ2v) is 7.71. The summed E-state index contributed by atoms with van der Waals surface area (Å²) in [7, 11) is 1.53. The number of phenolic OH excluding ortho intramolecular Hbond substituents is 1. The molecule has 3 aromatic rings. The van der Waals surface area contributed by atoms with Gasteiger partial charge in [-0.3, -0.25) is 9.69 Å². The van der Waals surface area contributed by atoms with E-state index in [0.717, 1.165) is 5.56 Å². The molecule has 0 bridgehead atoms. The molecule has 1 aliphatic rings. The molecule has 1 saturated heterocycles. The fourth-order valence-electron chi connectivity index (χ4n) is 3.68. The van der Waals surface area contributed by atoms with Crippen LogP contribution in [-0.2, 0) is 0 Å². The zero-order valence-electron chi connectivity index (χ0n) is 17.9. The summed E-state index contributed by atoms with van der Waals surface area (Å²) < 4.78 is 10.7. The Hall–Kier alpha value is -3.39. The van der Waals surface area contributed by atoms with Crippen LogP contribution in [0.5, 0.6) is 11.5 Å². The molecule has 1 aromatic heterocycles. The molecular weight excluding hydrogens is 396 g/mol. The normalized spacial score (nSPS) is 15.6. The van der Waals surface area contributed by atoms with Crippen molar-refractivity contribution in [1.82, 2.24) is 19.9 Å². The Bertz CT molecular complexity index is 1060. The predicted molar refractivity (Wildman–Crippen MR) is 115 cm³/mol. The van der Waals surface area contributed by atoms with Gasteiger partial charge in [-0.2, -0.15) is 4.98 Å². The summed E-state index contributed by atoms with van der Waals surface area (Å²) in [6, 6.07) is 12.6. The maximum Gasteiger partial charge on any atom is 0.257 e. The van der Waals surface area contributed by atoms with Gasteiger partial charge in [0.05, 0.1) is 18.7 Å². The second-order valence-electron chi connectivity index (χ2n) is 7.71. The average Bonchev–Trinajstić information content (AvgIpc) is 3.29. The van der Waals surface area contributed by atoms with Crippen LogP contribution in [0.1, 0.15) is 34.8 Å². The van der Waals surface area contributed by atoms with Gasteiger partial charge in [0.1, 0.15) is 11.5 Å². The van der Waals surface area contributed by atoms with Crippen molar-refractivity contribution in [3.63, 3.8) is 0 Å². The van der Waals surface area contributed by atoms with E-state index in [2.05, 4.69) is 15.0 Å². The number of benzene rings is 2. The van der Waals surface area contributed by atoms with Gasteiger partial charge in [-0.25, -0.2) is 0 Å². The Morgan fingerprint density at radius 2 is 1.84 bits per heavy atom. The van der Waals surface area contributed by atoms with E-state index < -0.39 is 0 Å². The highest BCUT2D eigenvalue weighted by Gasteiger charge is 2.29. The molecule has 0 spiro atoms. The van der Waals surface area contributed by atoms with Crippen molar-refractivity contribution < 1.29 is 19.2 Å². The third-order valence-electron chi connectivity index (χ3n) is 5.69. The third kappa shape index (κ3) is 4.39. The fourth-order valence-corrected chi connectivity index (χ4v) is 3.68. The van der Waals surface area contributed by atoms with E-state index in [-0.39, 0.29) is 23.3 Å². The summed E-state index contributed by atoms with van der Waals surface area (Å²) in [6.45, 7) is 6.47. The van der Waals surface area contributed by atoms with Gasteiger partial charge in [0.2, 0.25) is 11.7 Å². The number of aromatic nitrogens is 2. The first kappa shape index (κ1) is 20.9. The number of amides is 1. The summed E-state index contributed by atoms with van der Waals surface area (Å²) in [5.41, 5.74) is 2.34. The topological polar surface area (TPSA) is 91.9 Å². The van der Waals surface area contributed by atoms with E-state index in [1.165, 1.54) is 18.7 Å². The lowest BCUT2D eigenvalue weighted by Crippen LogP contribution is -2.49. The number of methoxy groups -OCH3 is 1. The van der Waals surface area contributed by atoms with Crippen LogP contribution in [0.2, 0.25) is 0 Å². The van der Waals surface area contributed by atoms with Crippen molar-refractivity contribution >= 4 is 5.91 Å². The number of carbonyl (C=O) groups is 1. The van der Waals surface area contributed by atoms with Crippen LogP contribution in [0.4, 0.5) is 0 Å². The maximum absolute atomic E-state index is 12.9. The van der Waals surface area contributed by atoms with E-state index in [1.807, 2.05) is 38.1 Å². The van der Waals surface area contributed by atoms with Gasteiger partial charge < -0.3 is 19.3 Å². The molecule has 8 heteroatoms. The Balaban J connectivity index is 1.40. The Morgan fingerprint density at radius 1 is 1.13 bits per heavy atom. The van der Waals surface area contributed by atoms with E-state index in [1.54, 1.807) is 17.0 Å². The highest BCUT2D eigenvalue weighted by Crippen LogP contribution is 2.27. The minimum absolute atomic E-state index is 0.0453. The lowest BCUT2D eigenvalue weighted by molar-refractivity contribution is 0.0549. The Morgan fingerprint density at radius 3 is 2.52 bits per heavy atom. The molecule has 1 aliphatic heterocycles. The molecule has 1 N–H and O–H groups in total. The monoisotopic (exact) mass is 422 g/mol. The van der Waals surface area contributed by atoms with Crippen molar-refractivity contribution in [3.8, 4) is 22.9 Å². The SMILES string of the molecule is COc1ccc(O)c(C(=O)N2CCN(C(C)c3nc(-c4ccc(C)cc4)no3)CC2)c1. The second kappa shape index (κ2) is 8.77. The minimum atomic E-state index is -0.205. The number of hydrogen-bond acceptors (Lipinski definition) is 7. The van der Waals surface area contributed by atoms with Gasteiger partial charge in [0.15, 0.2) is 0 Å². The van der Waals surface area contributed by atoms with Crippen molar-refractivity contribution in [3.05, 3.63) is 59.5 Å². The van der Waals surface area contributed by atoms with Crippen molar-refractivity contribution in [1.29, 1.82) is 0 Å². The highest BCUT2D eigenvalue weighted by atomic mass is 16.5. The molecule has 1 fully saturated rings. The number of ether oxygens (including phenoxy) is 1. The number of carbonyl (C=O) groups excluding carboxylic acids is 1. The molecular formula is C23H26N4O4. The predicted octanol–water partition coefficient (Wildman–Crippen LogP) is 3.28. The third-order valence-corrected chi connectivity index (χ3v) is 5.69. The van der Waals surface area contributed by atoms with Crippen LogP contribution < -0.4 is 4.74 Å². The van der Waals surface area contributed by atoms with Gasteiger partial charge in [-0.05, 0) is 32.0 Å². The van der Waals surface area contributed by atoms with Crippen molar-refractivity contribution in [2.45, 2.75) is 19.9 Å². The average molecular weight is 422 g/mol. The fraction of sp³-hybridized carbons (Fsp3) is 0.348. The molecule has 4 rings (SSSR count). The van der Waals surface area contributed by atoms with Crippen LogP contribution in [0.15, 0.2) is 47.0 Å². The number of nitrogens with zero attached hydrogens (tertiary/aromatic N) is 4. The number of hydrogen-bond donors (Lipinski definition) is 1. The van der Waals surface area contributed by atoms with Gasteiger partial charge in [0.25, 0.3) is 5.91 Å². The smallest absolute Gasteiger partial charge is 0.257 e. The number of phenols is 1. The molecule has 1 amide bonds. The molecule has 162 valence electrons. The Kier molecular flexibility index (Phi) is 5.90. The number of aryl methyl sites for hydroxylation is 1. The van der Waals surface area contributed by atoms with Crippen LogP contribution in [0, 0.1) is 6.92 Å². The molecule has 1 atom stereocenters. The maximum atomic E-state index is 12.9. The molecule has 0 saturated carbocycles. The largest absolute Gasteiger partial charge is 0.507 e. The van der Waals surface area contributed by atoms with E-state index >= 15 is 0 Å². The van der Waals surface area contributed by atoms with E-state index in [9.17, 15) is 9.90 Å². The summed E-state index contributed by atoms with van der Waals surface area (Å²) in [5, 5.41) is 14.2. The van der Waals surface area contributed by atoms with Crippen LogP contribution in [0.3, 0.4) is 0 Å². The number of piperazine rings is 1. The van der Waals surface area contributed by atoms with Gasteiger partial charge in [-0.1, -0.05) is 35.0 Å². The Labute approximate surface area is 181 Å². The summed E-state index contributed by atoms with van der Waals surface area (Å²) in [5.74, 6) is 1.42.